The summed E-state index contributed by atoms with van der Waals surface area (Å²) >= 11 is 1.56. The van der Waals surface area contributed by atoms with Crippen LogP contribution in [0.2, 0.25) is 0 Å². The van der Waals surface area contributed by atoms with Gasteiger partial charge in [0.1, 0.15) is 17.1 Å². The van der Waals surface area contributed by atoms with Crippen molar-refractivity contribution in [3.63, 3.8) is 0 Å². The van der Waals surface area contributed by atoms with E-state index < -0.39 is 17.6 Å². The lowest BCUT2D eigenvalue weighted by Crippen LogP contribution is -2.44. The smallest absolute Gasteiger partial charge is 0.305 e. The van der Waals surface area contributed by atoms with Crippen LogP contribution in [0.3, 0.4) is 0 Å². The largest absolute Gasteiger partial charge is 0.484 e. The lowest BCUT2D eigenvalue weighted by atomic mass is 10.1. The minimum Gasteiger partial charge on any atom is -0.484 e. The monoisotopic (exact) mass is 388 g/mol. The summed E-state index contributed by atoms with van der Waals surface area (Å²) in [7, 11) is 0. The quantitative estimate of drug-likeness (QED) is 0.634. The van der Waals surface area contributed by atoms with Crippen LogP contribution in [0.4, 0.5) is 4.39 Å². The lowest BCUT2D eigenvalue weighted by Gasteiger charge is -2.08. The van der Waals surface area contributed by atoms with E-state index in [0.29, 0.717) is 17.1 Å². The van der Waals surface area contributed by atoms with Gasteiger partial charge in [0.2, 0.25) is 0 Å². The van der Waals surface area contributed by atoms with E-state index in [2.05, 4.69) is 10.9 Å². The molecule has 8 heteroatoms. The van der Waals surface area contributed by atoms with Gasteiger partial charge < -0.3 is 9.15 Å². The van der Waals surface area contributed by atoms with Crippen LogP contribution in [0.25, 0.3) is 11.0 Å². The van der Waals surface area contributed by atoms with E-state index >= 15 is 0 Å². The summed E-state index contributed by atoms with van der Waals surface area (Å²) in [6.07, 6.45) is 1.93. The second-order valence-electron chi connectivity index (χ2n) is 5.58. The van der Waals surface area contributed by atoms with Crippen molar-refractivity contribution in [1.82, 2.24) is 10.9 Å². The third-order valence-electron chi connectivity index (χ3n) is 3.69. The van der Waals surface area contributed by atoms with Crippen molar-refractivity contribution in [2.45, 2.75) is 5.75 Å². The van der Waals surface area contributed by atoms with E-state index in [4.69, 9.17) is 9.15 Å². The third-order valence-corrected chi connectivity index (χ3v) is 4.27. The summed E-state index contributed by atoms with van der Waals surface area (Å²) < 4.78 is 23.7. The molecule has 0 bridgehead atoms. The Kier molecular flexibility index (Phi) is 5.97. The molecule has 1 heterocycles. The van der Waals surface area contributed by atoms with Crippen LogP contribution in [0, 0.1) is 5.82 Å². The second-order valence-corrected chi connectivity index (χ2v) is 6.45. The third kappa shape index (κ3) is 4.59. The molecule has 0 aliphatic carbocycles. The Morgan fingerprint density at radius 2 is 1.85 bits per heavy atom. The van der Waals surface area contributed by atoms with E-state index in [0.717, 1.165) is 10.9 Å². The number of hydrazine groups is 1. The van der Waals surface area contributed by atoms with Crippen LogP contribution in [-0.2, 0) is 10.5 Å². The number of fused-ring (bicyclic) bond motifs is 1. The Morgan fingerprint density at radius 3 is 2.59 bits per heavy atom. The number of benzene rings is 2. The van der Waals surface area contributed by atoms with Gasteiger partial charge in [-0.05, 0) is 36.6 Å². The number of carbonyl (C=O) groups is 2. The Balaban J connectivity index is 1.60. The van der Waals surface area contributed by atoms with Crippen molar-refractivity contribution >= 4 is 34.5 Å². The highest BCUT2D eigenvalue weighted by atomic mass is 32.2. The Labute approximate surface area is 159 Å². The fourth-order valence-corrected chi connectivity index (χ4v) is 3.04. The van der Waals surface area contributed by atoms with Gasteiger partial charge in [-0.25, -0.2) is 4.39 Å². The SMILES string of the molecule is CSCc1c(C(=O)NNC(=O)COc2ccc(F)cc2)oc2ccccc12. The standard InChI is InChI=1S/C19H17FN2O4S/c1-27-11-15-14-4-2-3-5-16(14)26-18(15)19(24)22-21-17(23)10-25-13-8-6-12(20)7-9-13/h2-9H,10-11H2,1H3,(H,21,23)(H,22,24). The summed E-state index contributed by atoms with van der Waals surface area (Å²) in [6, 6.07) is 12.6. The van der Waals surface area contributed by atoms with Gasteiger partial charge in [-0.2, -0.15) is 11.8 Å². The summed E-state index contributed by atoms with van der Waals surface area (Å²) in [5.74, 6) is -0.407. The number of para-hydroxylation sites is 1. The Morgan fingerprint density at radius 1 is 1.11 bits per heavy atom. The molecule has 0 radical (unpaired) electrons. The van der Waals surface area contributed by atoms with Gasteiger partial charge in [-0.15, -0.1) is 0 Å². The minimum absolute atomic E-state index is 0.158. The number of carbonyl (C=O) groups excluding carboxylic acids is 2. The van der Waals surface area contributed by atoms with Crippen LogP contribution < -0.4 is 15.6 Å². The van der Waals surface area contributed by atoms with Crippen molar-refractivity contribution in [3.8, 4) is 5.75 Å². The zero-order valence-corrected chi connectivity index (χ0v) is 15.3. The van der Waals surface area contributed by atoms with Crippen LogP contribution in [0.5, 0.6) is 5.75 Å². The number of amides is 2. The number of ether oxygens (including phenoxy) is 1. The zero-order chi connectivity index (χ0) is 19.2. The molecule has 2 amide bonds. The molecule has 0 saturated heterocycles. The Hall–Kier alpha value is -3.00. The van der Waals surface area contributed by atoms with Crippen molar-refractivity contribution in [3.05, 3.63) is 65.7 Å². The molecular formula is C19H17FN2O4S. The van der Waals surface area contributed by atoms with Gasteiger partial charge in [0, 0.05) is 16.7 Å². The van der Waals surface area contributed by atoms with E-state index in [1.54, 1.807) is 17.8 Å². The summed E-state index contributed by atoms with van der Waals surface area (Å²) in [5, 5.41) is 0.864. The van der Waals surface area contributed by atoms with Crippen molar-refractivity contribution in [1.29, 1.82) is 0 Å². The first-order chi connectivity index (χ1) is 13.1. The highest BCUT2D eigenvalue weighted by Crippen LogP contribution is 2.28. The molecule has 0 atom stereocenters. The van der Waals surface area contributed by atoms with Crippen LogP contribution in [0.1, 0.15) is 16.1 Å². The minimum atomic E-state index is -0.560. The highest BCUT2D eigenvalue weighted by Gasteiger charge is 2.20. The predicted octanol–water partition coefficient (Wildman–Crippen LogP) is 3.27. The van der Waals surface area contributed by atoms with Gasteiger partial charge >= 0.3 is 5.91 Å². The number of rotatable bonds is 6. The average molecular weight is 388 g/mol. The Bertz CT molecular complexity index is 956. The zero-order valence-electron chi connectivity index (χ0n) is 14.5. The molecule has 0 saturated carbocycles. The lowest BCUT2D eigenvalue weighted by molar-refractivity contribution is -0.123. The van der Waals surface area contributed by atoms with Crippen LogP contribution in [0.15, 0.2) is 52.9 Å². The number of halogens is 1. The molecule has 1 aromatic heterocycles. The molecule has 0 spiro atoms. The maximum atomic E-state index is 12.8. The van der Waals surface area contributed by atoms with Crippen molar-refractivity contribution in [2.75, 3.05) is 12.9 Å². The molecule has 3 aromatic rings. The fourth-order valence-electron chi connectivity index (χ4n) is 2.47. The first kappa shape index (κ1) is 18.8. The van der Waals surface area contributed by atoms with E-state index in [-0.39, 0.29) is 12.4 Å². The summed E-state index contributed by atoms with van der Waals surface area (Å²) in [6.45, 7) is -0.330. The molecule has 0 aliphatic rings. The molecule has 6 nitrogen and oxygen atoms in total. The van der Waals surface area contributed by atoms with Gasteiger partial charge in [0.25, 0.3) is 5.91 Å². The summed E-state index contributed by atoms with van der Waals surface area (Å²) in [5.41, 5.74) is 5.97. The average Bonchev–Trinajstić information content (AvgIpc) is 3.05. The molecule has 140 valence electrons. The molecular weight excluding hydrogens is 371 g/mol. The topological polar surface area (TPSA) is 80.6 Å². The maximum Gasteiger partial charge on any atom is 0.305 e. The number of nitrogens with one attached hydrogen (secondary N) is 2. The van der Waals surface area contributed by atoms with Crippen molar-refractivity contribution < 1.29 is 23.1 Å². The number of furan rings is 1. The van der Waals surface area contributed by atoms with Crippen molar-refractivity contribution in [2.24, 2.45) is 0 Å². The molecule has 2 N–H and O–H groups in total. The van der Waals surface area contributed by atoms with Crippen LogP contribution in [-0.4, -0.2) is 24.7 Å². The normalized spacial score (nSPS) is 10.6. The van der Waals surface area contributed by atoms with Gasteiger partial charge in [-0.3, -0.25) is 20.4 Å². The molecule has 0 aliphatic heterocycles. The maximum absolute atomic E-state index is 12.8. The number of hydrogen-bond acceptors (Lipinski definition) is 5. The molecule has 0 fully saturated rings. The second kappa shape index (κ2) is 8.59. The first-order valence-electron chi connectivity index (χ1n) is 8.05. The summed E-state index contributed by atoms with van der Waals surface area (Å²) in [4.78, 5) is 24.3. The number of hydrogen-bond donors (Lipinski definition) is 2. The fraction of sp³-hybridized carbons (Fsp3) is 0.158. The first-order valence-corrected chi connectivity index (χ1v) is 9.44. The van der Waals surface area contributed by atoms with Crippen LogP contribution >= 0.6 is 11.8 Å². The van der Waals surface area contributed by atoms with E-state index in [1.807, 2.05) is 24.5 Å². The highest BCUT2D eigenvalue weighted by molar-refractivity contribution is 7.97. The number of thioether (sulfide) groups is 1. The van der Waals surface area contributed by atoms with Gasteiger partial charge in [0.15, 0.2) is 12.4 Å². The predicted molar refractivity (Wildman–Crippen MR) is 101 cm³/mol. The van der Waals surface area contributed by atoms with E-state index in [9.17, 15) is 14.0 Å². The van der Waals surface area contributed by atoms with Gasteiger partial charge in [0.05, 0.1) is 0 Å². The van der Waals surface area contributed by atoms with Gasteiger partial charge in [-0.1, -0.05) is 18.2 Å². The molecule has 2 aromatic carbocycles. The molecule has 27 heavy (non-hydrogen) atoms. The molecule has 3 rings (SSSR count). The molecule has 0 unspecified atom stereocenters. The van der Waals surface area contributed by atoms with E-state index in [1.165, 1.54) is 24.3 Å².